The van der Waals surface area contributed by atoms with Crippen LogP contribution in [-0.4, -0.2) is 0 Å². The first-order valence-electron chi connectivity index (χ1n) is 5.34. The summed E-state index contributed by atoms with van der Waals surface area (Å²) < 4.78 is 13.5. The van der Waals surface area contributed by atoms with Crippen LogP contribution in [0.15, 0.2) is 36.4 Å². The quantitative estimate of drug-likeness (QED) is 0.618. The predicted molar refractivity (Wildman–Crippen MR) is 75.3 cm³/mol. The highest BCUT2D eigenvalue weighted by molar-refractivity contribution is 6.35. The zero-order valence-corrected chi connectivity index (χ0v) is 11.8. The van der Waals surface area contributed by atoms with Gasteiger partial charge in [0.25, 0.3) is 0 Å². The fourth-order valence-electron chi connectivity index (χ4n) is 1.66. The maximum Gasteiger partial charge on any atom is 0.126 e. The molecule has 0 aromatic heterocycles. The Morgan fingerprint density at radius 2 is 1.78 bits per heavy atom. The summed E-state index contributed by atoms with van der Waals surface area (Å²) in [7, 11) is 0. The Morgan fingerprint density at radius 1 is 1.06 bits per heavy atom. The molecule has 0 bridgehead atoms. The van der Waals surface area contributed by atoms with Crippen molar-refractivity contribution in [2.24, 2.45) is 0 Å². The Balaban J connectivity index is 2.44. The molecule has 0 heterocycles. The minimum Gasteiger partial charge on any atom is -0.207 e. The van der Waals surface area contributed by atoms with Gasteiger partial charge in [-0.3, -0.25) is 0 Å². The van der Waals surface area contributed by atoms with Crippen molar-refractivity contribution in [2.45, 2.75) is 12.3 Å². The summed E-state index contributed by atoms with van der Waals surface area (Å²) in [5.74, 6) is -0.281. The first kappa shape index (κ1) is 13.7. The molecule has 18 heavy (non-hydrogen) atoms. The number of alkyl halides is 1. The van der Waals surface area contributed by atoms with E-state index in [0.717, 1.165) is 0 Å². The maximum absolute atomic E-state index is 13.5. The van der Waals surface area contributed by atoms with Gasteiger partial charge < -0.3 is 0 Å². The number of hydrogen-bond donors (Lipinski definition) is 0. The number of hydrogen-bond acceptors (Lipinski definition) is 0. The molecule has 0 saturated heterocycles. The minimum atomic E-state index is -0.522. The van der Waals surface area contributed by atoms with Crippen LogP contribution in [-0.2, 0) is 0 Å². The van der Waals surface area contributed by atoms with Crippen molar-refractivity contribution in [2.75, 3.05) is 0 Å². The van der Waals surface area contributed by atoms with Crippen LogP contribution in [0, 0.1) is 12.7 Å². The standard InChI is InChI=1S/C14H10Cl3F/c1-8-2-3-9(6-13(8)18)14(17)11-7-10(15)4-5-12(11)16/h2-7,14H,1H3. The molecule has 0 saturated carbocycles. The van der Waals surface area contributed by atoms with Crippen molar-refractivity contribution in [3.8, 4) is 0 Å². The molecule has 94 valence electrons. The number of aryl methyl sites for hydroxylation is 1. The second-order valence-electron chi connectivity index (χ2n) is 4.04. The van der Waals surface area contributed by atoms with E-state index in [-0.39, 0.29) is 5.82 Å². The summed E-state index contributed by atoms with van der Waals surface area (Å²) in [6.45, 7) is 1.70. The van der Waals surface area contributed by atoms with Crippen LogP contribution in [0.2, 0.25) is 10.0 Å². The van der Waals surface area contributed by atoms with E-state index >= 15 is 0 Å². The van der Waals surface area contributed by atoms with Crippen molar-refractivity contribution in [1.29, 1.82) is 0 Å². The van der Waals surface area contributed by atoms with Gasteiger partial charge in [-0.2, -0.15) is 0 Å². The fourth-order valence-corrected chi connectivity index (χ4v) is 2.43. The van der Waals surface area contributed by atoms with E-state index in [9.17, 15) is 4.39 Å². The molecule has 1 atom stereocenters. The van der Waals surface area contributed by atoms with Crippen molar-refractivity contribution < 1.29 is 4.39 Å². The second kappa shape index (κ2) is 5.48. The third-order valence-electron chi connectivity index (χ3n) is 2.72. The van der Waals surface area contributed by atoms with E-state index in [2.05, 4.69) is 0 Å². The van der Waals surface area contributed by atoms with E-state index < -0.39 is 5.38 Å². The van der Waals surface area contributed by atoms with Gasteiger partial charge in [-0.05, 0) is 47.9 Å². The first-order chi connectivity index (χ1) is 8.49. The Hall–Kier alpha value is -0.760. The zero-order chi connectivity index (χ0) is 13.3. The minimum absolute atomic E-state index is 0.281. The van der Waals surface area contributed by atoms with Crippen LogP contribution in [0.5, 0.6) is 0 Å². The van der Waals surface area contributed by atoms with Gasteiger partial charge in [-0.25, -0.2) is 4.39 Å². The van der Waals surface area contributed by atoms with Gasteiger partial charge in [0.05, 0.1) is 5.38 Å². The molecule has 0 aliphatic rings. The molecular formula is C14H10Cl3F. The molecule has 0 N–H and O–H groups in total. The lowest BCUT2D eigenvalue weighted by Gasteiger charge is -2.13. The monoisotopic (exact) mass is 302 g/mol. The molecule has 0 amide bonds. The molecule has 0 nitrogen and oxygen atoms in total. The van der Waals surface area contributed by atoms with Crippen LogP contribution in [0.3, 0.4) is 0 Å². The van der Waals surface area contributed by atoms with Crippen LogP contribution < -0.4 is 0 Å². The summed E-state index contributed by atoms with van der Waals surface area (Å²) in [6.07, 6.45) is 0. The average Bonchev–Trinajstić information content (AvgIpc) is 2.35. The average molecular weight is 304 g/mol. The Bertz CT molecular complexity index is 581. The van der Waals surface area contributed by atoms with E-state index in [4.69, 9.17) is 34.8 Å². The number of benzene rings is 2. The van der Waals surface area contributed by atoms with Gasteiger partial charge in [-0.15, -0.1) is 11.6 Å². The third kappa shape index (κ3) is 2.80. The molecule has 0 spiro atoms. The highest BCUT2D eigenvalue weighted by Crippen LogP contribution is 2.35. The first-order valence-corrected chi connectivity index (χ1v) is 6.53. The van der Waals surface area contributed by atoms with Crippen molar-refractivity contribution in [3.63, 3.8) is 0 Å². The third-order valence-corrected chi connectivity index (χ3v) is 3.79. The van der Waals surface area contributed by atoms with Gasteiger partial charge in [0.15, 0.2) is 0 Å². The highest BCUT2D eigenvalue weighted by atomic mass is 35.5. The lowest BCUT2D eigenvalue weighted by Crippen LogP contribution is -1.96. The molecule has 2 rings (SSSR count). The summed E-state index contributed by atoms with van der Waals surface area (Å²) >= 11 is 18.3. The van der Waals surface area contributed by atoms with E-state index in [1.807, 2.05) is 0 Å². The van der Waals surface area contributed by atoms with Crippen LogP contribution in [0.25, 0.3) is 0 Å². The molecule has 1 unspecified atom stereocenters. The number of halogens is 4. The largest absolute Gasteiger partial charge is 0.207 e. The SMILES string of the molecule is Cc1ccc(C(Cl)c2cc(Cl)ccc2Cl)cc1F. The lowest BCUT2D eigenvalue weighted by atomic mass is 10.0. The predicted octanol–water partition coefficient (Wildman–Crippen LogP) is 5.77. The Labute approximate surface area is 120 Å². The Morgan fingerprint density at radius 3 is 2.44 bits per heavy atom. The normalized spacial score (nSPS) is 12.5. The summed E-state index contributed by atoms with van der Waals surface area (Å²) in [5, 5.41) is 0.541. The van der Waals surface area contributed by atoms with Crippen molar-refractivity contribution in [3.05, 3.63) is 69.0 Å². The summed E-state index contributed by atoms with van der Waals surface area (Å²) in [4.78, 5) is 0. The number of rotatable bonds is 2. The van der Waals surface area contributed by atoms with E-state index in [1.54, 1.807) is 37.3 Å². The lowest BCUT2D eigenvalue weighted by molar-refractivity contribution is 0.616. The smallest absolute Gasteiger partial charge is 0.126 e. The van der Waals surface area contributed by atoms with E-state index in [0.29, 0.717) is 26.7 Å². The van der Waals surface area contributed by atoms with Crippen LogP contribution in [0.4, 0.5) is 4.39 Å². The van der Waals surface area contributed by atoms with Crippen molar-refractivity contribution >= 4 is 34.8 Å². The van der Waals surface area contributed by atoms with Gasteiger partial charge in [-0.1, -0.05) is 35.3 Å². The Kier molecular flexibility index (Phi) is 4.16. The second-order valence-corrected chi connectivity index (χ2v) is 5.32. The molecule has 0 aliphatic carbocycles. The van der Waals surface area contributed by atoms with Crippen LogP contribution >= 0.6 is 34.8 Å². The summed E-state index contributed by atoms with van der Waals surface area (Å²) in [5.41, 5.74) is 1.91. The molecule has 4 heteroatoms. The topological polar surface area (TPSA) is 0 Å². The van der Waals surface area contributed by atoms with E-state index in [1.165, 1.54) is 6.07 Å². The van der Waals surface area contributed by atoms with Crippen LogP contribution in [0.1, 0.15) is 22.1 Å². The van der Waals surface area contributed by atoms with Gasteiger partial charge in [0.1, 0.15) is 5.82 Å². The molecule has 0 fully saturated rings. The van der Waals surface area contributed by atoms with Gasteiger partial charge in [0, 0.05) is 10.0 Å². The van der Waals surface area contributed by atoms with Gasteiger partial charge in [0.2, 0.25) is 0 Å². The van der Waals surface area contributed by atoms with Gasteiger partial charge >= 0.3 is 0 Å². The highest BCUT2D eigenvalue weighted by Gasteiger charge is 2.15. The maximum atomic E-state index is 13.5. The molecule has 0 aliphatic heterocycles. The summed E-state index contributed by atoms with van der Waals surface area (Å²) in [6, 6.07) is 9.96. The fraction of sp³-hybridized carbons (Fsp3) is 0.143. The molecule has 2 aromatic carbocycles. The zero-order valence-electron chi connectivity index (χ0n) is 9.55. The molecular weight excluding hydrogens is 294 g/mol. The molecule has 2 aromatic rings. The van der Waals surface area contributed by atoms with Crippen molar-refractivity contribution in [1.82, 2.24) is 0 Å². The molecule has 0 radical (unpaired) electrons.